The largest absolute Gasteiger partial charge is 0.497 e. The van der Waals surface area contributed by atoms with Gasteiger partial charge in [-0.3, -0.25) is 4.90 Å². The van der Waals surface area contributed by atoms with Crippen LogP contribution in [-0.4, -0.2) is 30.5 Å². The van der Waals surface area contributed by atoms with Crippen LogP contribution in [0.4, 0.5) is 0 Å². The molecule has 1 aliphatic heterocycles. The van der Waals surface area contributed by atoms with Crippen LogP contribution < -0.4 is 4.74 Å². The number of rotatable bonds is 4. The van der Waals surface area contributed by atoms with Crippen molar-refractivity contribution in [1.82, 2.24) is 4.90 Å². The fourth-order valence-electron chi connectivity index (χ4n) is 2.60. The quantitative estimate of drug-likeness (QED) is 0.774. The Kier molecular flexibility index (Phi) is 4.90. The number of methoxy groups -OCH3 is 1. The molecule has 2 nitrogen and oxygen atoms in total. The molecule has 2 rings (SSSR count). The molecule has 3 heteroatoms. The van der Waals surface area contributed by atoms with Crippen LogP contribution >= 0.6 is 11.6 Å². The van der Waals surface area contributed by atoms with Crippen molar-refractivity contribution in [2.24, 2.45) is 5.92 Å². The first-order valence-corrected chi connectivity index (χ1v) is 7.12. The Morgan fingerprint density at radius 2 is 2.11 bits per heavy atom. The molecule has 1 aliphatic rings. The van der Waals surface area contributed by atoms with E-state index in [1.165, 1.54) is 18.4 Å². The summed E-state index contributed by atoms with van der Waals surface area (Å²) in [6, 6.07) is 8.34. The molecule has 0 aromatic heterocycles. The first-order valence-electron chi connectivity index (χ1n) is 6.68. The Morgan fingerprint density at radius 1 is 1.39 bits per heavy atom. The number of likely N-dealkylation sites (tertiary alicyclic amines) is 1. The molecular weight excluding hydrogens is 246 g/mol. The van der Waals surface area contributed by atoms with Crippen molar-refractivity contribution in [2.75, 3.05) is 20.2 Å². The second-order valence-corrected chi connectivity index (χ2v) is 5.83. The van der Waals surface area contributed by atoms with Gasteiger partial charge in [0.25, 0.3) is 0 Å². The minimum absolute atomic E-state index is 0.309. The summed E-state index contributed by atoms with van der Waals surface area (Å²) in [5, 5.41) is 0.309. The lowest BCUT2D eigenvalue weighted by molar-refractivity contribution is 0.176. The third-order valence-electron chi connectivity index (χ3n) is 3.82. The average Bonchev–Trinajstić information content (AvgIpc) is 2.39. The molecule has 1 fully saturated rings. The predicted molar refractivity (Wildman–Crippen MR) is 76.3 cm³/mol. The molecule has 18 heavy (non-hydrogen) atoms. The van der Waals surface area contributed by atoms with Gasteiger partial charge in [0, 0.05) is 11.9 Å². The monoisotopic (exact) mass is 267 g/mol. The Morgan fingerprint density at radius 3 is 2.72 bits per heavy atom. The van der Waals surface area contributed by atoms with Gasteiger partial charge in [-0.2, -0.15) is 0 Å². The molecule has 0 bridgehead atoms. The lowest BCUT2D eigenvalue weighted by atomic mass is 9.94. The van der Waals surface area contributed by atoms with E-state index in [9.17, 15) is 0 Å². The molecule has 0 radical (unpaired) electrons. The van der Waals surface area contributed by atoms with E-state index in [-0.39, 0.29) is 0 Å². The summed E-state index contributed by atoms with van der Waals surface area (Å²) in [4.78, 5) is 2.50. The molecule has 0 aliphatic carbocycles. The van der Waals surface area contributed by atoms with Crippen molar-refractivity contribution in [3.63, 3.8) is 0 Å². The van der Waals surface area contributed by atoms with Crippen LogP contribution in [-0.2, 0) is 6.54 Å². The molecule has 0 N–H and O–H groups in total. The Balaban J connectivity index is 1.87. The minimum Gasteiger partial charge on any atom is -0.497 e. The molecular formula is C15H22ClNO. The zero-order valence-electron chi connectivity index (χ0n) is 11.2. The molecule has 1 heterocycles. The second kappa shape index (κ2) is 6.44. The summed E-state index contributed by atoms with van der Waals surface area (Å²) in [5.41, 5.74) is 1.33. The van der Waals surface area contributed by atoms with E-state index < -0.39 is 0 Å². The van der Waals surface area contributed by atoms with Crippen LogP contribution in [0.2, 0.25) is 0 Å². The van der Waals surface area contributed by atoms with E-state index >= 15 is 0 Å². The number of ether oxygens (including phenoxy) is 1. The molecule has 0 saturated carbocycles. The molecule has 1 saturated heterocycles. The van der Waals surface area contributed by atoms with Crippen LogP contribution in [0.15, 0.2) is 24.3 Å². The maximum absolute atomic E-state index is 6.17. The molecule has 100 valence electrons. The van der Waals surface area contributed by atoms with Crippen LogP contribution in [0, 0.1) is 5.92 Å². The summed E-state index contributed by atoms with van der Waals surface area (Å²) in [6.07, 6.45) is 2.43. The molecule has 1 aromatic carbocycles. The van der Waals surface area contributed by atoms with Crippen LogP contribution in [0.25, 0.3) is 0 Å². The first-order chi connectivity index (χ1) is 8.69. The normalized spacial score (nSPS) is 19.7. The highest BCUT2D eigenvalue weighted by Crippen LogP contribution is 2.25. The summed E-state index contributed by atoms with van der Waals surface area (Å²) in [6.45, 7) is 5.43. The smallest absolute Gasteiger partial charge is 0.119 e. The fourth-order valence-corrected chi connectivity index (χ4v) is 2.85. The summed E-state index contributed by atoms with van der Waals surface area (Å²) < 4.78 is 5.26. The Labute approximate surface area is 115 Å². The molecule has 0 spiro atoms. The average molecular weight is 268 g/mol. The van der Waals surface area contributed by atoms with Crippen LogP contribution in [0.3, 0.4) is 0 Å². The SMILES string of the molecule is COc1cccc(CN2CCC(C(C)Cl)CC2)c1. The highest BCUT2D eigenvalue weighted by Gasteiger charge is 2.22. The maximum atomic E-state index is 6.17. The second-order valence-electron chi connectivity index (χ2n) is 5.14. The fraction of sp³-hybridized carbons (Fsp3) is 0.600. The number of alkyl halides is 1. The number of nitrogens with zero attached hydrogens (tertiary/aromatic N) is 1. The van der Waals surface area contributed by atoms with E-state index in [2.05, 4.69) is 30.0 Å². The van der Waals surface area contributed by atoms with Gasteiger partial charge in [0.1, 0.15) is 5.75 Å². The van der Waals surface area contributed by atoms with E-state index in [1.54, 1.807) is 7.11 Å². The number of hydrogen-bond acceptors (Lipinski definition) is 2. The standard InChI is InChI=1S/C15H22ClNO/c1-12(16)14-6-8-17(9-7-14)11-13-4-3-5-15(10-13)18-2/h3-5,10,12,14H,6-9,11H2,1-2H3. The van der Waals surface area contributed by atoms with Gasteiger partial charge in [-0.15, -0.1) is 11.6 Å². The van der Waals surface area contributed by atoms with E-state index in [0.717, 1.165) is 25.4 Å². The van der Waals surface area contributed by atoms with Gasteiger partial charge >= 0.3 is 0 Å². The predicted octanol–water partition coefficient (Wildman–Crippen LogP) is 3.53. The van der Waals surface area contributed by atoms with Crippen LogP contribution in [0.5, 0.6) is 5.75 Å². The maximum Gasteiger partial charge on any atom is 0.119 e. The van der Waals surface area contributed by atoms with Gasteiger partial charge in [-0.1, -0.05) is 12.1 Å². The summed E-state index contributed by atoms with van der Waals surface area (Å²) in [7, 11) is 1.71. The number of halogens is 1. The third-order valence-corrected chi connectivity index (χ3v) is 4.18. The zero-order valence-corrected chi connectivity index (χ0v) is 12.0. The Bertz CT molecular complexity index is 373. The number of hydrogen-bond donors (Lipinski definition) is 0. The zero-order chi connectivity index (χ0) is 13.0. The van der Waals surface area contributed by atoms with Gasteiger partial charge in [0.15, 0.2) is 0 Å². The minimum atomic E-state index is 0.309. The van der Waals surface area contributed by atoms with Gasteiger partial charge in [-0.05, 0) is 56.5 Å². The third kappa shape index (κ3) is 3.63. The number of benzene rings is 1. The first kappa shape index (κ1) is 13.7. The van der Waals surface area contributed by atoms with Gasteiger partial charge in [-0.25, -0.2) is 0 Å². The summed E-state index contributed by atoms with van der Waals surface area (Å²) in [5.74, 6) is 1.63. The molecule has 0 amide bonds. The van der Waals surface area contributed by atoms with E-state index in [1.807, 2.05) is 6.07 Å². The van der Waals surface area contributed by atoms with Gasteiger partial charge < -0.3 is 4.74 Å². The van der Waals surface area contributed by atoms with Crippen molar-refractivity contribution in [3.05, 3.63) is 29.8 Å². The number of piperidine rings is 1. The lowest BCUT2D eigenvalue weighted by Crippen LogP contribution is -2.35. The molecule has 1 atom stereocenters. The van der Waals surface area contributed by atoms with E-state index in [0.29, 0.717) is 11.3 Å². The lowest BCUT2D eigenvalue weighted by Gasteiger charge is -2.33. The van der Waals surface area contributed by atoms with Crippen molar-refractivity contribution in [1.29, 1.82) is 0 Å². The van der Waals surface area contributed by atoms with E-state index in [4.69, 9.17) is 16.3 Å². The van der Waals surface area contributed by atoms with Crippen molar-refractivity contribution >= 4 is 11.6 Å². The van der Waals surface area contributed by atoms with Crippen LogP contribution in [0.1, 0.15) is 25.3 Å². The molecule has 1 aromatic rings. The van der Waals surface area contributed by atoms with Gasteiger partial charge in [0.2, 0.25) is 0 Å². The highest BCUT2D eigenvalue weighted by molar-refractivity contribution is 6.20. The van der Waals surface area contributed by atoms with Crippen molar-refractivity contribution in [3.8, 4) is 5.75 Å². The molecule has 1 unspecified atom stereocenters. The van der Waals surface area contributed by atoms with Crippen molar-refractivity contribution in [2.45, 2.75) is 31.7 Å². The topological polar surface area (TPSA) is 12.5 Å². The Hall–Kier alpha value is -0.730. The van der Waals surface area contributed by atoms with Crippen molar-refractivity contribution < 1.29 is 4.74 Å². The highest BCUT2D eigenvalue weighted by atomic mass is 35.5. The van der Waals surface area contributed by atoms with Gasteiger partial charge in [0.05, 0.1) is 7.11 Å². The summed E-state index contributed by atoms with van der Waals surface area (Å²) >= 11 is 6.17.